The number of aromatic hydroxyl groups is 1. The minimum Gasteiger partial charge on any atom is -0.508 e. The fraction of sp³-hybridized carbons (Fsp3) is 0.267. The zero-order chi connectivity index (χ0) is 16.6. The molecule has 3 rings (SSSR count). The van der Waals surface area contributed by atoms with Crippen molar-refractivity contribution in [3.05, 3.63) is 30.0 Å². The van der Waals surface area contributed by atoms with Gasteiger partial charge in [0.15, 0.2) is 5.16 Å². The average molecular weight is 332 g/mol. The molecule has 1 N–H and O–H groups in total. The normalized spacial score (nSPS) is 14.0. The van der Waals surface area contributed by atoms with E-state index in [1.54, 1.807) is 24.2 Å². The molecule has 0 unspecified atom stereocenters. The number of anilines is 2. The average Bonchev–Trinajstić information content (AvgIpc) is 2.57. The molecule has 7 nitrogen and oxygen atoms in total. The van der Waals surface area contributed by atoms with Crippen molar-refractivity contribution in [1.82, 2.24) is 9.97 Å². The lowest BCUT2D eigenvalue weighted by molar-refractivity contribution is 0.251. The van der Waals surface area contributed by atoms with Gasteiger partial charge in [0.05, 0.1) is 19.3 Å². The van der Waals surface area contributed by atoms with E-state index in [1.165, 1.54) is 35.9 Å². The Kier molecular flexibility index (Phi) is 3.99. The van der Waals surface area contributed by atoms with Gasteiger partial charge in [0.25, 0.3) is 0 Å². The molecule has 0 radical (unpaired) electrons. The van der Waals surface area contributed by atoms with Crippen LogP contribution in [-0.4, -0.2) is 41.5 Å². The topological polar surface area (TPSA) is 78.8 Å². The summed E-state index contributed by atoms with van der Waals surface area (Å²) in [5.41, 5.74) is 1.39. The molecule has 0 aliphatic carbocycles. The van der Waals surface area contributed by atoms with Crippen LogP contribution in [0.25, 0.3) is 0 Å². The van der Waals surface area contributed by atoms with E-state index >= 15 is 0 Å². The number of nitrogens with zero attached hydrogens (tertiary/aromatic N) is 4. The van der Waals surface area contributed by atoms with Crippen molar-refractivity contribution in [2.45, 2.75) is 11.7 Å². The van der Waals surface area contributed by atoms with Crippen LogP contribution < -0.4 is 14.5 Å². The molecule has 1 aliphatic rings. The number of rotatable bonds is 3. The van der Waals surface area contributed by atoms with Gasteiger partial charge >= 0.3 is 6.03 Å². The van der Waals surface area contributed by atoms with E-state index in [1.807, 2.05) is 6.26 Å². The van der Waals surface area contributed by atoms with Gasteiger partial charge in [0.1, 0.15) is 17.3 Å². The predicted octanol–water partition coefficient (Wildman–Crippen LogP) is 2.49. The number of fused-ring (bicyclic) bond motifs is 1. The third kappa shape index (κ3) is 2.77. The highest BCUT2D eigenvalue weighted by molar-refractivity contribution is 7.98. The first-order chi connectivity index (χ1) is 11.0. The Bertz CT molecular complexity index is 768. The summed E-state index contributed by atoms with van der Waals surface area (Å²) in [5, 5.41) is 10.4. The number of hydrogen-bond donors (Lipinski definition) is 1. The molecule has 0 fully saturated rings. The molecule has 0 atom stereocenters. The summed E-state index contributed by atoms with van der Waals surface area (Å²) in [6.07, 6.45) is 3.61. The van der Waals surface area contributed by atoms with Crippen molar-refractivity contribution in [3.8, 4) is 11.5 Å². The number of urea groups is 1. The number of ether oxygens (including phenoxy) is 1. The lowest BCUT2D eigenvalue weighted by Crippen LogP contribution is -2.46. The van der Waals surface area contributed by atoms with E-state index in [0.717, 1.165) is 5.56 Å². The number of hydrogen-bond acceptors (Lipinski definition) is 6. The van der Waals surface area contributed by atoms with Gasteiger partial charge in [0.2, 0.25) is 0 Å². The Morgan fingerprint density at radius 3 is 2.83 bits per heavy atom. The van der Waals surface area contributed by atoms with Crippen LogP contribution in [0.4, 0.5) is 16.3 Å². The zero-order valence-electron chi connectivity index (χ0n) is 13.0. The number of phenolic OH excluding ortho intramolecular Hbond substituents is 1. The van der Waals surface area contributed by atoms with Gasteiger partial charge < -0.3 is 9.84 Å². The molecule has 120 valence electrons. The highest BCUT2D eigenvalue weighted by atomic mass is 32.2. The Hall–Kier alpha value is -2.48. The smallest absolute Gasteiger partial charge is 0.330 e. The summed E-state index contributed by atoms with van der Waals surface area (Å²) < 4.78 is 5.15. The van der Waals surface area contributed by atoms with Crippen molar-refractivity contribution in [3.63, 3.8) is 0 Å². The largest absolute Gasteiger partial charge is 0.508 e. The van der Waals surface area contributed by atoms with E-state index in [2.05, 4.69) is 9.97 Å². The first kappa shape index (κ1) is 15.4. The van der Waals surface area contributed by atoms with Gasteiger partial charge in [-0.3, -0.25) is 9.80 Å². The highest BCUT2D eigenvalue weighted by Crippen LogP contribution is 2.33. The molecule has 1 aliphatic heterocycles. The summed E-state index contributed by atoms with van der Waals surface area (Å²) in [4.78, 5) is 24.4. The van der Waals surface area contributed by atoms with Gasteiger partial charge in [-0.15, -0.1) is 0 Å². The SMILES string of the molecule is COc1cc(O)cc(N2Cc3cnc(SC)nc3N(C)C2=O)c1. The maximum absolute atomic E-state index is 12.7. The van der Waals surface area contributed by atoms with Crippen LogP contribution in [0.1, 0.15) is 5.56 Å². The van der Waals surface area contributed by atoms with E-state index in [0.29, 0.717) is 29.0 Å². The monoisotopic (exact) mass is 332 g/mol. The second-order valence-electron chi connectivity index (χ2n) is 5.02. The maximum Gasteiger partial charge on any atom is 0.330 e. The summed E-state index contributed by atoms with van der Waals surface area (Å²) in [6.45, 7) is 0.333. The number of aromatic nitrogens is 2. The van der Waals surface area contributed by atoms with Crippen LogP contribution in [-0.2, 0) is 6.54 Å². The van der Waals surface area contributed by atoms with Gasteiger partial charge in [-0.2, -0.15) is 0 Å². The number of methoxy groups -OCH3 is 1. The second kappa shape index (κ2) is 5.96. The minimum atomic E-state index is -0.226. The summed E-state index contributed by atoms with van der Waals surface area (Å²) in [6, 6.07) is 4.49. The number of carbonyl (C=O) groups is 1. The molecule has 23 heavy (non-hydrogen) atoms. The quantitative estimate of drug-likeness (QED) is 0.687. The molecular weight excluding hydrogens is 316 g/mol. The van der Waals surface area contributed by atoms with Crippen molar-refractivity contribution in [2.24, 2.45) is 0 Å². The van der Waals surface area contributed by atoms with E-state index in [-0.39, 0.29) is 11.8 Å². The molecule has 8 heteroatoms. The minimum absolute atomic E-state index is 0.0366. The molecule has 0 saturated heterocycles. The molecule has 2 amide bonds. The number of amides is 2. The first-order valence-corrected chi connectivity index (χ1v) is 8.09. The third-order valence-electron chi connectivity index (χ3n) is 3.59. The highest BCUT2D eigenvalue weighted by Gasteiger charge is 2.31. The molecule has 2 aromatic rings. The second-order valence-corrected chi connectivity index (χ2v) is 5.80. The van der Waals surface area contributed by atoms with Crippen molar-refractivity contribution < 1.29 is 14.6 Å². The molecule has 1 aromatic carbocycles. The number of thioether (sulfide) groups is 1. The van der Waals surface area contributed by atoms with Gasteiger partial charge in [-0.25, -0.2) is 14.8 Å². The van der Waals surface area contributed by atoms with Crippen LogP contribution in [0.5, 0.6) is 11.5 Å². The molecule has 0 bridgehead atoms. The summed E-state index contributed by atoms with van der Waals surface area (Å²) in [5.74, 6) is 1.13. The number of phenols is 1. The third-order valence-corrected chi connectivity index (χ3v) is 4.15. The maximum atomic E-state index is 12.7. The zero-order valence-corrected chi connectivity index (χ0v) is 13.8. The molecule has 1 aromatic heterocycles. The number of carbonyl (C=O) groups excluding carboxylic acids is 1. The van der Waals surface area contributed by atoms with Crippen molar-refractivity contribution in [1.29, 1.82) is 0 Å². The lowest BCUT2D eigenvalue weighted by atomic mass is 10.2. The standard InChI is InChI=1S/C15H16N4O3S/c1-18-13-9(7-16-14(17-13)23-3)8-19(15(18)21)10-4-11(20)6-12(5-10)22-2/h4-7,20H,8H2,1-3H3. The molecule has 0 saturated carbocycles. The summed E-state index contributed by atoms with van der Waals surface area (Å²) >= 11 is 1.43. The Morgan fingerprint density at radius 2 is 2.13 bits per heavy atom. The summed E-state index contributed by atoms with van der Waals surface area (Å²) in [7, 11) is 3.18. The lowest BCUT2D eigenvalue weighted by Gasteiger charge is -2.34. The molecular formula is C15H16N4O3S. The van der Waals surface area contributed by atoms with Crippen LogP contribution in [0.15, 0.2) is 29.6 Å². The predicted molar refractivity (Wildman–Crippen MR) is 88.5 cm³/mol. The van der Waals surface area contributed by atoms with Gasteiger partial charge in [-0.05, 0) is 6.26 Å². The number of benzene rings is 1. The fourth-order valence-corrected chi connectivity index (χ4v) is 2.77. The van der Waals surface area contributed by atoms with Gasteiger partial charge in [0, 0.05) is 37.0 Å². The Balaban J connectivity index is 2.02. The van der Waals surface area contributed by atoms with Crippen LogP contribution in [0, 0.1) is 0 Å². The van der Waals surface area contributed by atoms with Crippen LogP contribution >= 0.6 is 11.8 Å². The fourth-order valence-electron chi connectivity index (χ4n) is 2.44. The molecule has 0 spiro atoms. The van der Waals surface area contributed by atoms with Crippen molar-refractivity contribution >= 4 is 29.3 Å². The van der Waals surface area contributed by atoms with Gasteiger partial charge in [-0.1, -0.05) is 11.8 Å². The van der Waals surface area contributed by atoms with E-state index in [4.69, 9.17) is 4.74 Å². The van der Waals surface area contributed by atoms with E-state index in [9.17, 15) is 9.90 Å². The van der Waals surface area contributed by atoms with Crippen LogP contribution in [0.2, 0.25) is 0 Å². The molecule has 2 heterocycles. The van der Waals surface area contributed by atoms with E-state index < -0.39 is 0 Å². The van der Waals surface area contributed by atoms with Crippen molar-refractivity contribution in [2.75, 3.05) is 30.2 Å². The Morgan fingerprint density at radius 1 is 1.35 bits per heavy atom. The Labute approximate surface area is 137 Å². The van der Waals surface area contributed by atoms with Crippen LogP contribution in [0.3, 0.4) is 0 Å². The first-order valence-electron chi connectivity index (χ1n) is 6.86.